The molecule has 4 heteroatoms. The van der Waals surface area contributed by atoms with Crippen molar-refractivity contribution >= 4 is 21.4 Å². The lowest BCUT2D eigenvalue weighted by Gasteiger charge is -2.20. The molecular formula is C11H14BrN3. The van der Waals surface area contributed by atoms with Gasteiger partial charge in [-0.25, -0.2) is 4.98 Å². The number of aromatic nitrogens is 2. The third-order valence-corrected chi connectivity index (χ3v) is 3.20. The molecule has 0 saturated heterocycles. The standard InChI is InChI=1S/C11H14BrN3/c1-11(2,7-13)10-14-9(12)8-5-3-4-6-15(8)10/h3-6H,7,13H2,1-2H3. The summed E-state index contributed by atoms with van der Waals surface area (Å²) in [6.07, 6.45) is 2.01. The van der Waals surface area contributed by atoms with E-state index in [2.05, 4.69) is 39.2 Å². The number of fused-ring (bicyclic) bond motifs is 1. The van der Waals surface area contributed by atoms with Crippen molar-refractivity contribution in [3.63, 3.8) is 0 Å². The molecule has 2 rings (SSSR count). The van der Waals surface area contributed by atoms with Crippen LogP contribution in [-0.4, -0.2) is 15.9 Å². The number of rotatable bonds is 2. The summed E-state index contributed by atoms with van der Waals surface area (Å²) in [7, 11) is 0. The molecule has 2 heterocycles. The van der Waals surface area contributed by atoms with Gasteiger partial charge in [-0.3, -0.25) is 0 Å². The maximum Gasteiger partial charge on any atom is 0.132 e. The Kier molecular flexibility index (Phi) is 2.56. The van der Waals surface area contributed by atoms with Crippen LogP contribution in [0.2, 0.25) is 0 Å². The number of hydrogen-bond acceptors (Lipinski definition) is 2. The molecule has 2 aromatic heterocycles. The summed E-state index contributed by atoms with van der Waals surface area (Å²) < 4.78 is 2.95. The second-order valence-electron chi connectivity index (χ2n) is 4.27. The molecule has 0 fully saturated rings. The van der Waals surface area contributed by atoms with Crippen LogP contribution < -0.4 is 5.73 Å². The van der Waals surface area contributed by atoms with Crippen LogP contribution in [0.1, 0.15) is 19.7 Å². The first kappa shape index (κ1) is 10.6. The van der Waals surface area contributed by atoms with Gasteiger partial charge in [0.1, 0.15) is 10.4 Å². The fraction of sp³-hybridized carbons (Fsp3) is 0.364. The lowest BCUT2D eigenvalue weighted by atomic mass is 9.93. The van der Waals surface area contributed by atoms with Gasteiger partial charge in [0.05, 0.1) is 5.52 Å². The average Bonchev–Trinajstić information content (AvgIpc) is 2.58. The number of nitrogens with two attached hydrogens (primary N) is 1. The first-order chi connectivity index (χ1) is 7.06. The van der Waals surface area contributed by atoms with Gasteiger partial charge in [0, 0.05) is 18.2 Å². The summed E-state index contributed by atoms with van der Waals surface area (Å²) in [6, 6.07) is 6.03. The Balaban J connectivity index is 2.72. The van der Waals surface area contributed by atoms with Gasteiger partial charge in [0.15, 0.2) is 0 Å². The van der Waals surface area contributed by atoms with Crippen molar-refractivity contribution in [2.24, 2.45) is 5.73 Å². The van der Waals surface area contributed by atoms with E-state index in [1.54, 1.807) is 0 Å². The fourth-order valence-electron chi connectivity index (χ4n) is 1.57. The van der Waals surface area contributed by atoms with E-state index in [9.17, 15) is 0 Å². The molecule has 15 heavy (non-hydrogen) atoms. The van der Waals surface area contributed by atoms with Crippen LogP contribution in [0.15, 0.2) is 29.0 Å². The summed E-state index contributed by atoms with van der Waals surface area (Å²) in [6.45, 7) is 4.77. The topological polar surface area (TPSA) is 43.3 Å². The number of imidazole rings is 1. The van der Waals surface area contributed by atoms with E-state index in [0.717, 1.165) is 15.9 Å². The fourth-order valence-corrected chi connectivity index (χ4v) is 2.06. The van der Waals surface area contributed by atoms with Crippen molar-refractivity contribution in [3.05, 3.63) is 34.8 Å². The molecule has 0 bridgehead atoms. The molecule has 0 unspecified atom stereocenters. The highest BCUT2D eigenvalue weighted by Gasteiger charge is 2.25. The molecule has 2 aromatic rings. The SMILES string of the molecule is CC(C)(CN)c1nc(Br)c2ccccn12. The van der Waals surface area contributed by atoms with Crippen molar-refractivity contribution in [1.29, 1.82) is 0 Å². The van der Waals surface area contributed by atoms with Crippen LogP contribution in [0, 0.1) is 0 Å². The largest absolute Gasteiger partial charge is 0.329 e. The molecule has 0 aliphatic carbocycles. The summed E-state index contributed by atoms with van der Waals surface area (Å²) in [5, 5.41) is 0. The van der Waals surface area contributed by atoms with Crippen molar-refractivity contribution in [3.8, 4) is 0 Å². The van der Waals surface area contributed by atoms with Crippen LogP contribution in [0.3, 0.4) is 0 Å². The molecule has 80 valence electrons. The minimum absolute atomic E-state index is 0.115. The number of halogens is 1. The molecule has 0 saturated carbocycles. The second kappa shape index (κ2) is 3.61. The molecule has 2 N–H and O–H groups in total. The Labute approximate surface area is 97.4 Å². The Morgan fingerprint density at radius 3 is 2.87 bits per heavy atom. The average molecular weight is 268 g/mol. The van der Waals surface area contributed by atoms with E-state index in [0.29, 0.717) is 6.54 Å². The molecule has 0 aliphatic heterocycles. The van der Waals surface area contributed by atoms with E-state index < -0.39 is 0 Å². The lowest BCUT2D eigenvalue weighted by Crippen LogP contribution is -2.30. The van der Waals surface area contributed by atoms with Gasteiger partial charge in [-0.15, -0.1) is 0 Å². The second-order valence-corrected chi connectivity index (χ2v) is 5.02. The van der Waals surface area contributed by atoms with Gasteiger partial charge in [-0.2, -0.15) is 0 Å². The van der Waals surface area contributed by atoms with Crippen LogP contribution in [0.5, 0.6) is 0 Å². The molecule has 0 radical (unpaired) electrons. The Hall–Kier alpha value is -0.870. The smallest absolute Gasteiger partial charge is 0.132 e. The summed E-state index contributed by atoms with van der Waals surface area (Å²) in [5.74, 6) is 0.993. The summed E-state index contributed by atoms with van der Waals surface area (Å²) >= 11 is 3.47. The predicted octanol–water partition coefficient (Wildman–Crippen LogP) is 2.33. The van der Waals surface area contributed by atoms with Crippen LogP contribution in [-0.2, 0) is 5.41 Å². The minimum atomic E-state index is -0.115. The molecular weight excluding hydrogens is 254 g/mol. The molecule has 0 aromatic carbocycles. The maximum atomic E-state index is 5.77. The molecule has 0 aliphatic rings. The maximum absolute atomic E-state index is 5.77. The van der Waals surface area contributed by atoms with Crippen LogP contribution in [0.4, 0.5) is 0 Å². The Bertz CT molecular complexity index is 488. The zero-order valence-corrected chi connectivity index (χ0v) is 10.5. The van der Waals surface area contributed by atoms with Gasteiger partial charge < -0.3 is 10.1 Å². The van der Waals surface area contributed by atoms with Gasteiger partial charge >= 0.3 is 0 Å². The number of pyridine rings is 1. The number of hydrogen-bond donors (Lipinski definition) is 1. The van der Waals surface area contributed by atoms with Crippen LogP contribution in [0.25, 0.3) is 5.52 Å². The highest BCUT2D eigenvalue weighted by atomic mass is 79.9. The van der Waals surface area contributed by atoms with E-state index in [4.69, 9.17) is 5.73 Å². The van der Waals surface area contributed by atoms with Gasteiger partial charge in [-0.05, 0) is 28.1 Å². The first-order valence-corrected chi connectivity index (χ1v) is 5.69. The monoisotopic (exact) mass is 267 g/mol. The summed E-state index contributed by atoms with van der Waals surface area (Å²) in [4.78, 5) is 4.53. The molecule has 0 spiro atoms. The predicted molar refractivity (Wildman–Crippen MR) is 65.0 cm³/mol. The molecule has 3 nitrogen and oxygen atoms in total. The van der Waals surface area contributed by atoms with Crippen molar-refractivity contribution in [2.75, 3.05) is 6.54 Å². The van der Waals surface area contributed by atoms with E-state index >= 15 is 0 Å². The first-order valence-electron chi connectivity index (χ1n) is 4.89. The molecule has 0 amide bonds. The third kappa shape index (κ3) is 1.68. The normalized spacial score (nSPS) is 12.3. The Morgan fingerprint density at radius 2 is 2.20 bits per heavy atom. The van der Waals surface area contributed by atoms with Crippen molar-refractivity contribution < 1.29 is 0 Å². The van der Waals surface area contributed by atoms with Crippen molar-refractivity contribution in [1.82, 2.24) is 9.38 Å². The quantitative estimate of drug-likeness (QED) is 0.908. The summed E-state index contributed by atoms with van der Waals surface area (Å²) in [5.41, 5.74) is 6.73. The molecule has 0 atom stereocenters. The minimum Gasteiger partial charge on any atom is -0.329 e. The van der Waals surface area contributed by atoms with Gasteiger partial charge in [0.2, 0.25) is 0 Å². The van der Waals surface area contributed by atoms with E-state index in [1.807, 2.05) is 24.4 Å². The van der Waals surface area contributed by atoms with E-state index in [1.165, 1.54) is 0 Å². The zero-order valence-electron chi connectivity index (χ0n) is 8.87. The zero-order chi connectivity index (χ0) is 11.1. The third-order valence-electron chi connectivity index (χ3n) is 2.62. The van der Waals surface area contributed by atoms with Crippen molar-refractivity contribution in [2.45, 2.75) is 19.3 Å². The van der Waals surface area contributed by atoms with Gasteiger partial charge in [0.25, 0.3) is 0 Å². The highest BCUT2D eigenvalue weighted by molar-refractivity contribution is 9.10. The lowest BCUT2D eigenvalue weighted by molar-refractivity contribution is 0.500. The number of nitrogens with zero attached hydrogens (tertiary/aromatic N) is 2. The highest BCUT2D eigenvalue weighted by Crippen LogP contribution is 2.26. The van der Waals surface area contributed by atoms with Gasteiger partial charge in [-0.1, -0.05) is 19.9 Å². The Morgan fingerprint density at radius 1 is 1.47 bits per heavy atom. The van der Waals surface area contributed by atoms with E-state index in [-0.39, 0.29) is 5.41 Å². The van der Waals surface area contributed by atoms with Crippen LogP contribution >= 0.6 is 15.9 Å².